The molecule has 0 amide bonds. The van der Waals surface area contributed by atoms with Crippen molar-refractivity contribution in [2.75, 3.05) is 0 Å². The second-order valence-electron chi connectivity index (χ2n) is 5.03. The minimum absolute atomic E-state index is 0.270. The van der Waals surface area contributed by atoms with E-state index in [1.54, 1.807) is 6.92 Å². The van der Waals surface area contributed by atoms with Gasteiger partial charge in [-0.15, -0.1) is 0 Å². The Balaban J connectivity index is 4.30. The zero-order valence-electron chi connectivity index (χ0n) is 11.4. The normalized spacial score (nSPS) is 16.3. The first-order valence-corrected chi connectivity index (χ1v) is 6.23. The summed E-state index contributed by atoms with van der Waals surface area (Å²) in [4.78, 5) is 11.5. The number of ether oxygens (including phenoxy) is 1. The average Bonchev–Trinajstić information content (AvgIpc) is 2.25. The summed E-state index contributed by atoms with van der Waals surface area (Å²) in [5, 5.41) is 0. The van der Waals surface area contributed by atoms with E-state index in [1.165, 1.54) is 6.42 Å². The van der Waals surface area contributed by atoms with Crippen LogP contribution in [0.2, 0.25) is 0 Å². The minimum Gasteiger partial charge on any atom is -0.456 e. The Labute approximate surface area is 100 Å². The summed E-state index contributed by atoms with van der Waals surface area (Å²) >= 11 is 0. The highest BCUT2D eigenvalue weighted by Gasteiger charge is 2.27. The lowest BCUT2D eigenvalue weighted by Gasteiger charge is -2.29. The van der Waals surface area contributed by atoms with Gasteiger partial charge in [-0.05, 0) is 39.0 Å². The summed E-state index contributed by atoms with van der Waals surface area (Å²) < 4.78 is 5.51. The van der Waals surface area contributed by atoms with Gasteiger partial charge in [0.05, 0.1) is 0 Å². The molecular formula is C14H26O2. The Morgan fingerprint density at radius 1 is 1.44 bits per heavy atom. The Morgan fingerprint density at radius 2 is 2.00 bits per heavy atom. The molecule has 0 spiro atoms. The fraction of sp³-hybridized carbons (Fsp3) is 0.786. The summed E-state index contributed by atoms with van der Waals surface area (Å²) in [5.74, 6) is 0.419. The van der Waals surface area contributed by atoms with E-state index in [2.05, 4.69) is 27.4 Å². The third-order valence-corrected chi connectivity index (χ3v) is 3.30. The number of rotatable bonds is 7. The van der Waals surface area contributed by atoms with Crippen molar-refractivity contribution >= 4 is 5.97 Å². The maximum atomic E-state index is 11.5. The standard InChI is InChI=1S/C14H26O2/c1-7-12(5)9-10-14(6,8-2)16-13(15)11(3)4/h12H,3,7-10H2,1-2,4-6H3. The van der Waals surface area contributed by atoms with Gasteiger partial charge in [0, 0.05) is 5.57 Å². The maximum Gasteiger partial charge on any atom is 0.333 e. The fourth-order valence-corrected chi connectivity index (χ4v) is 1.37. The van der Waals surface area contributed by atoms with E-state index >= 15 is 0 Å². The quantitative estimate of drug-likeness (QED) is 0.482. The van der Waals surface area contributed by atoms with E-state index in [-0.39, 0.29) is 11.6 Å². The molecule has 0 aliphatic heterocycles. The van der Waals surface area contributed by atoms with Gasteiger partial charge in [-0.2, -0.15) is 0 Å². The SMILES string of the molecule is C=C(C)C(=O)OC(C)(CC)CCC(C)CC. The first-order valence-electron chi connectivity index (χ1n) is 6.23. The van der Waals surface area contributed by atoms with E-state index in [9.17, 15) is 4.79 Å². The highest BCUT2D eigenvalue weighted by Crippen LogP contribution is 2.26. The van der Waals surface area contributed by atoms with Crippen LogP contribution in [-0.2, 0) is 9.53 Å². The van der Waals surface area contributed by atoms with Gasteiger partial charge in [0.2, 0.25) is 0 Å². The molecule has 16 heavy (non-hydrogen) atoms. The molecule has 0 N–H and O–H groups in total. The molecule has 0 aromatic rings. The van der Waals surface area contributed by atoms with Crippen LogP contribution >= 0.6 is 0 Å². The number of hydrogen-bond acceptors (Lipinski definition) is 2. The van der Waals surface area contributed by atoms with Gasteiger partial charge in [0.15, 0.2) is 0 Å². The highest BCUT2D eigenvalue weighted by atomic mass is 16.6. The summed E-state index contributed by atoms with van der Waals surface area (Å²) in [6.07, 6.45) is 4.05. The van der Waals surface area contributed by atoms with Crippen LogP contribution in [-0.4, -0.2) is 11.6 Å². The van der Waals surface area contributed by atoms with Crippen molar-refractivity contribution in [1.82, 2.24) is 0 Å². The first kappa shape index (κ1) is 15.2. The fourth-order valence-electron chi connectivity index (χ4n) is 1.37. The Bertz CT molecular complexity index is 245. The molecule has 0 saturated carbocycles. The van der Waals surface area contributed by atoms with Gasteiger partial charge in [0.1, 0.15) is 5.60 Å². The Hall–Kier alpha value is -0.790. The third-order valence-electron chi connectivity index (χ3n) is 3.30. The largest absolute Gasteiger partial charge is 0.456 e. The monoisotopic (exact) mass is 226 g/mol. The molecule has 2 nitrogen and oxygen atoms in total. The summed E-state index contributed by atoms with van der Waals surface area (Å²) in [6, 6.07) is 0. The zero-order chi connectivity index (χ0) is 12.8. The van der Waals surface area contributed by atoms with Crippen molar-refractivity contribution in [2.24, 2.45) is 5.92 Å². The lowest BCUT2D eigenvalue weighted by Crippen LogP contribution is -2.31. The van der Waals surface area contributed by atoms with Crippen LogP contribution in [0.3, 0.4) is 0 Å². The van der Waals surface area contributed by atoms with Crippen molar-refractivity contribution in [3.05, 3.63) is 12.2 Å². The predicted molar refractivity (Wildman–Crippen MR) is 68.3 cm³/mol. The number of hydrogen-bond donors (Lipinski definition) is 0. The number of carbonyl (C=O) groups excluding carboxylic acids is 1. The van der Waals surface area contributed by atoms with E-state index in [4.69, 9.17) is 4.74 Å². The lowest BCUT2D eigenvalue weighted by molar-refractivity contribution is -0.154. The van der Waals surface area contributed by atoms with Gasteiger partial charge >= 0.3 is 5.97 Å². The van der Waals surface area contributed by atoms with Crippen molar-refractivity contribution in [1.29, 1.82) is 0 Å². The van der Waals surface area contributed by atoms with E-state index < -0.39 is 0 Å². The smallest absolute Gasteiger partial charge is 0.333 e. The molecule has 0 bridgehead atoms. The highest BCUT2D eigenvalue weighted by molar-refractivity contribution is 5.87. The van der Waals surface area contributed by atoms with Crippen molar-refractivity contribution in [2.45, 2.75) is 65.9 Å². The van der Waals surface area contributed by atoms with Gasteiger partial charge in [-0.1, -0.05) is 33.8 Å². The zero-order valence-corrected chi connectivity index (χ0v) is 11.4. The molecule has 2 unspecified atom stereocenters. The second-order valence-corrected chi connectivity index (χ2v) is 5.03. The first-order chi connectivity index (χ1) is 7.34. The van der Waals surface area contributed by atoms with Crippen LogP contribution in [0.1, 0.15) is 60.3 Å². The molecule has 0 aromatic heterocycles. The van der Waals surface area contributed by atoms with Gasteiger partial charge in [0.25, 0.3) is 0 Å². The molecule has 2 heteroatoms. The van der Waals surface area contributed by atoms with Crippen LogP contribution < -0.4 is 0 Å². The minimum atomic E-state index is -0.334. The lowest BCUT2D eigenvalue weighted by atomic mass is 9.91. The van der Waals surface area contributed by atoms with Crippen molar-refractivity contribution < 1.29 is 9.53 Å². The second kappa shape index (κ2) is 6.72. The third kappa shape index (κ3) is 5.34. The number of carbonyl (C=O) groups is 1. The predicted octanol–water partition coefficient (Wildman–Crippen LogP) is 4.10. The van der Waals surface area contributed by atoms with Gasteiger partial charge in [-0.3, -0.25) is 0 Å². The summed E-state index contributed by atoms with van der Waals surface area (Å²) in [7, 11) is 0. The average molecular weight is 226 g/mol. The van der Waals surface area contributed by atoms with Crippen LogP contribution in [0.4, 0.5) is 0 Å². The van der Waals surface area contributed by atoms with Crippen LogP contribution in [0, 0.1) is 5.92 Å². The van der Waals surface area contributed by atoms with Crippen molar-refractivity contribution in [3.63, 3.8) is 0 Å². The van der Waals surface area contributed by atoms with Gasteiger partial charge in [-0.25, -0.2) is 4.79 Å². The molecule has 2 atom stereocenters. The molecule has 94 valence electrons. The van der Waals surface area contributed by atoms with Crippen LogP contribution in [0.5, 0.6) is 0 Å². The van der Waals surface area contributed by atoms with E-state index in [0.29, 0.717) is 11.5 Å². The molecule has 0 aliphatic carbocycles. The summed E-state index contributed by atoms with van der Waals surface area (Å²) in [5.41, 5.74) is 0.141. The van der Waals surface area contributed by atoms with Crippen LogP contribution in [0.25, 0.3) is 0 Å². The molecule has 0 rings (SSSR count). The molecule has 0 radical (unpaired) electrons. The maximum absolute atomic E-state index is 11.5. The number of esters is 1. The molecule has 0 aliphatic rings. The molecular weight excluding hydrogens is 200 g/mol. The Kier molecular flexibility index (Phi) is 6.39. The summed E-state index contributed by atoms with van der Waals surface area (Å²) in [6.45, 7) is 13.8. The molecule has 0 fully saturated rings. The molecule has 0 saturated heterocycles. The van der Waals surface area contributed by atoms with E-state index in [1.807, 2.05) is 6.92 Å². The van der Waals surface area contributed by atoms with Crippen LogP contribution in [0.15, 0.2) is 12.2 Å². The topological polar surface area (TPSA) is 26.3 Å². The van der Waals surface area contributed by atoms with Gasteiger partial charge < -0.3 is 4.74 Å². The van der Waals surface area contributed by atoms with E-state index in [0.717, 1.165) is 19.3 Å². The Morgan fingerprint density at radius 3 is 2.38 bits per heavy atom. The van der Waals surface area contributed by atoms with Crippen molar-refractivity contribution in [3.8, 4) is 0 Å². The molecule has 0 heterocycles. The molecule has 0 aromatic carbocycles.